The molecule has 24 heavy (non-hydrogen) atoms. The highest BCUT2D eigenvalue weighted by Gasteiger charge is 2.12. The summed E-state index contributed by atoms with van der Waals surface area (Å²) in [6.45, 7) is -0.440. The third-order valence-corrected chi connectivity index (χ3v) is 2.44. The van der Waals surface area contributed by atoms with Crippen molar-refractivity contribution < 1.29 is 19.7 Å². The van der Waals surface area contributed by atoms with Crippen molar-refractivity contribution in [3.8, 4) is 0 Å². The van der Waals surface area contributed by atoms with Crippen LogP contribution in [0.4, 0.5) is 0 Å². The minimum absolute atomic E-state index is 0.440. The van der Waals surface area contributed by atoms with Crippen LogP contribution in [0.25, 0.3) is 0 Å². The lowest BCUT2D eigenvalue weighted by atomic mass is 10.1. The molecule has 0 saturated carbocycles. The Morgan fingerprint density at radius 2 is 1.42 bits per heavy atom. The summed E-state index contributed by atoms with van der Waals surface area (Å²) in [5.74, 6) is 0. The van der Waals surface area contributed by atoms with Crippen LogP contribution in [-0.4, -0.2) is 34.8 Å². The molecule has 1 unspecified atom stereocenters. The fourth-order valence-electron chi connectivity index (χ4n) is 1.45. The molecular weight excluding hydrogens is 316 g/mol. The molecular formula is C16H18N2O6. The standard InChI is InChI=1S/C8H9NO3.C7H6O.CH3NO2/c10-8(6-9(11)12)7-4-2-1-3-5-7;8-6-7-4-2-1-3-5-7;1-2(3)4/h1-5,8,10H,6H2;1-6H;1H3. The van der Waals surface area contributed by atoms with Crippen LogP contribution < -0.4 is 0 Å². The minimum Gasteiger partial charge on any atom is -0.382 e. The molecule has 2 aromatic rings. The van der Waals surface area contributed by atoms with Gasteiger partial charge in [-0.25, -0.2) is 0 Å². The van der Waals surface area contributed by atoms with Gasteiger partial charge in [0.15, 0.2) is 7.05 Å². The number of aldehydes is 1. The van der Waals surface area contributed by atoms with Crippen molar-refractivity contribution in [3.05, 3.63) is 92.0 Å². The maximum Gasteiger partial charge on any atom is 0.233 e. The number of nitro groups is 2. The van der Waals surface area contributed by atoms with Crippen LogP contribution in [0.5, 0.6) is 0 Å². The van der Waals surface area contributed by atoms with E-state index in [1.807, 2.05) is 18.2 Å². The van der Waals surface area contributed by atoms with Gasteiger partial charge in [0.05, 0.1) is 0 Å². The van der Waals surface area contributed by atoms with Crippen molar-refractivity contribution in [1.29, 1.82) is 0 Å². The van der Waals surface area contributed by atoms with Gasteiger partial charge in [0, 0.05) is 15.4 Å². The zero-order valence-corrected chi connectivity index (χ0v) is 13.0. The number of aliphatic hydroxyl groups is 1. The Morgan fingerprint density at radius 3 is 1.75 bits per heavy atom. The fraction of sp³-hybridized carbons (Fsp3) is 0.188. The third-order valence-electron chi connectivity index (χ3n) is 2.44. The predicted octanol–water partition coefficient (Wildman–Crippen LogP) is 2.39. The SMILES string of the molecule is C[N+](=O)[O-].O=Cc1ccccc1.O=[N+]([O-])CC(O)c1ccccc1. The summed E-state index contributed by atoms with van der Waals surface area (Å²) in [5.41, 5.74) is 1.31. The van der Waals surface area contributed by atoms with E-state index in [1.165, 1.54) is 0 Å². The molecule has 1 N–H and O–H groups in total. The van der Waals surface area contributed by atoms with E-state index in [4.69, 9.17) is 10.1 Å². The second-order valence-electron chi connectivity index (χ2n) is 4.41. The molecule has 0 radical (unpaired) electrons. The monoisotopic (exact) mass is 334 g/mol. The van der Waals surface area contributed by atoms with Gasteiger partial charge >= 0.3 is 0 Å². The molecule has 0 aromatic heterocycles. The molecule has 0 heterocycles. The third kappa shape index (κ3) is 11.5. The lowest BCUT2D eigenvalue weighted by Crippen LogP contribution is -2.11. The van der Waals surface area contributed by atoms with Crippen molar-refractivity contribution in [2.45, 2.75) is 6.10 Å². The van der Waals surface area contributed by atoms with Gasteiger partial charge in [-0.2, -0.15) is 0 Å². The first-order valence-corrected chi connectivity index (χ1v) is 6.79. The lowest BCUT2D eigenvalue weighted by molar-refractivity contribution is -0.491. The number of aliphatic hydroxyl groups excluding tert-OH is 1. The van der Waals surface area contributed by atoms with Crippen molar-refractivity contribution in [2.24, 2.45) is 0 Å². The molecule has 0 aliphatic carbocycles. The highest BCUT2D eigenvalue weighted by molar-refractivity contribution is 5.74. The molecule has 1 atom stereocenters. The lowest BCUT2D eigenvalue weighted by Gasteiger charge is -2.04. The minimum atomic E-state index is -0.999. The van der Waals surface area contributed by atoms with Crippen molar-refractivity contribution in [1.82, 2.24) is 0 Å². The maximum atomic E-state index is 10.0. The Kier molecular flexibility index (Phi) is 10.8. The van der Waals surface area contributed by atoms with Gasteiger partial charge in [0.2, 0.25) is 6.54 Å². The Morgan fingerprint density at radius 1 is 1.00 bits per heavy atom. The van der Waals surface area contributed by atoms with Gasteiger partial charge in [-0.3, -0.25) is 25.0 Å². The largest absolute Gasteiger partial charge is 0.382 e. The van der Waals surface area contributed by atoms with E-state index in [-0.39, 0.29) is 0 Å². The number of rotatable bonds is 4. The summed E-state index contributed by atoms with van der Waals surface area (Å²) < 4.78 is 0. The first kappa shape index (κ1) is 20.9. The first-order chi connectivity index (χ1) is 11.4. The molecule has 0 bridgehead atoms. The zero-order valence-electron chi connectivity index (χ0n) is 13.0. The maximum absolute atomic E-state index is 10.0. The van der Waals surface area contributed by atoms with E-state index in [2.05, 4.69) is 0 Å². The molecule has 8 heteroatoms. The predicted molar refractivity (Wildman–Crippen MR) is 88.0 cm³/mol. The average Bonchev–Trinajstić information content (AvgIpc) is 2.56. The van der Waals surface area contributed by atoms with Crippen LogP contribution in [0.2, 0.25) is 0 Å². The van der Waals surface area contributed by atoms with E-state index in [0.29, 0.717) is 5.56 Å². The van der Waals surface area contributed by atoms with Crippen molar-refractivity contribution in [2.75, 3.05) is 13.6 Å². The van der Waals surface area contributed by atoms with E-state index >= 15 is 0 Å². The number of benzene rings is 2. The molecule has 2 rings (SSSR count). The van der Waals surface area contributed by atoms with E-state index < -0.39 is 22.5 Å². The van der Waals surface area contributed by atoms with Gasteiger partial charge in [0.25, 0.3) is 0 Å². The number of carbonyl (C=O) groups is 1. The average molecular weight is 334 g/mol. The number of carbonyl (C=O) groups excluding carboxylic acids is 1. The second-order valence-corrected chi connectivity index (χ2v) is 4.41. The quantitative estimate of drug-likeness (QED) is 0.520. The number of hydrogen-bond acceptors (Lipinski definition) is 6. The summed E-state index contributed by atoms with van der Waals surface area (Å²) in [6, 6.07) is 17.7. The summed E-state index contributed by atoms with van der Waals surface area (Å²) in [6.07, 6.45) is -0.166. The Balaban J connectivity index is 0.000000379. The molecule has 0 amide bonds. The molecule has 0 spiro atoms. The topological polar surface area (TPSA) is 124 Å². The Bertz CT molecular complexity index is 615. The van der Waals surface area contributed by atoms with Gasteiger partial charge in [-0.05, 0) is 5.56 Å². The molecule has 0 fully saturated rings. The first-order valence-electron chi connectivity index (χ1n) is 6.79. The van der Waals surface area contributed by atoms with Crippen LogP contribution in [0, 0.1) is 20.2 Å². The number of nitrogens with zero attached hydrogens (tertiary/aromatic N) is 2. The molecule has 0 saturated heterocycles. The Hall–Kier alpha value is -3.13. The normalized spacial score (nSPS) is 10.1. The van der Waals surface area contributed by atoms with Crippen LogP contribution >= 0.6 is 0 Å². The smallest absolute Gasteiger partial charge is 0.233 e. The Labute approximate surface area is 138 Å². The van der Waals surface area contributed by atoms with Crippen LogP contribution in [-0.2, 0) is 0 Å². The summed E-state index contributed by atoms with van der Waals surface area (Å²) in [7, 11) is 0.889. The fourth-order valence-corrected chi connectivity index (χ4v) is 1.45. The molecule has 2 aromatic carbocycles. The molecule has 0 aliphatic heterocycles. The molecule has 128 valence electrons. The van der Waals surface area contributed by atoms with E-state index in [9.17, 15) is 20.0 Å². The summed E-state index contributed by atoms with van der Waals surface area (Å²) in [4.78, 5) is 27.8. The summed E-state index contributed by atoms with van der Waals surface area (Å²) in [5, 5.41) is 28.1. The molecule has 8 nitrogen and oxygen atoms in total. The zero-order chi connectivity index (χ0) is 18.4. The van der Waals surface area contributed by atoms with Gasteiger partial charge in [0.1, 0.15) is 12.4 Å². The highest BCUT2D eigenvalue weighted by Crippen LogP contribution is 2.11. The van der Waals surface area contributed by atoms with E-state index in [0.717, 1.165) is 18.9 Å². The molecule has 0 aliphatic rings. The van der Waals surface area contributed by atoms with Crippen LogP contribution in [0.3, 0.4) is 0 Å². The summed E-state index contributed by atoms with van der Waals surface area (Å²) >= 11 is 0. The number of hydrogen-bond donors (Lipinski definition) is 1. The van der Waals surface area contributed by atoms with Crippen molar-refractivity contribution in [3.63, 3.8) is 0 Å². The van der Waals surface area contributed by atoms with Gasteiger partial charge < -0.3 is 5.11 Å². The highest BCUT2D eigenvalue weighted by atomic mass is 16.6. The van der Waals surface area contributed by atoms with E-state index in [1.54, 1.807) is 42.5 Å². The van der Waals surface area contributed by atoms with Crippen LogP contribution in [0.15, 0.2) is 60.7 Å². The van der Waals surface area contributed by atoms with Crippen molar-refractivity contribution >= 4 is 6.29 Å². The van der Waals surface area contributed by atoms with Gasteiger partial charge in [-0.1, -0.05) is 60.7 Å². The van der Waals surface area contributed by atoms with Crippen LogP contribution in [0.1, 0.15) is 22.0 Å². The van der Waals surface area contributed by atoms with Gasteiger partial charge in [-0.15, -0.1) is 0 Å². The second kappa shape index (κ2) is 12.4.